The van der Waals surface area contributed by atoms with Crippen LogP contribution in [0.4, 0.5) is 17.1 Å². The van der Waals surface area contributed by atoms with Gasteiger partial charge < -0.3 is 4.90 Å². The van der Waals surface area contributed by atoms with E-state index in [9.17, 15) is 0 Å². The molecule has 1 nitrogen and oxygen atoms in total. The van der Waals surface area contributed by atoms with Crippen molar-refractivity contribution < 1.29 is 0 Å². The summed E-state index contributed by atoms with van der Waals surface area (Å²) in [5.74, 6) is 0. The summed E-state index contributed by atoms with van der Waals surface area (Å²) in [4.78, 5) is 2.34. The molecule has 0 radical (unpaired) electrons. The normalized spacial score (nSPS) is 11.4. The monoisotopic (exact) mass is 551 g/mol. The number of hydrogen-bond acceptors (Lipinski definition) is 1. The Balaban J connectivity index is 1.59. The number of anilines is 3. The predicted octanol–water partition coefficient (Wildman–Crippen LogP) is 11.7. The average molecular weight is 552 g/mol. The van der Waals surface area contributed by atoms with Crippen LogP contribution in [-0.4, -0.2) is 0 Å². The minimum Gasteiger partial charge on any atom is -0.310 e. The van der Waals surface area contributed by atoms with Crippen molar-refractivity contribution in [1.82, 2.24) is 0 Å². The van der Waals surface area contributed by atoms with E-state index < -0.39 is 0 Å². The molecule has 0 unspecified atom stereocenters. The topological polar surface area (TPSA) is 3.24 Å². The van der Waals surface area contributed by atoms with Crippen molar-refractivity contribution in [2.45, 2.75) is 0 Å². The van der Waals surface area contributed by atoms with Gasteiger partial charge >= 0.3 is 0 Å². The summed E-state index contributed by atoms with van der Waals surface area (Å²) >= 11 is 0. The van der Waals surface area contributed by atoms with Crippen LogP contribution in [-0.2, 0) is 0 Å². The van der Waals surface area contributed by atoms with E-state index in [4.69, 9.17) is 0 Å². The van der Waals surface area contributed by atoms with Crippen LogP contribution in [0.5, 0.6) is 0 Å². The van der Waals surface area contributed by atoms with Crippen LogP contribution < -0.4 is 4.90 Å². The van der Waals surface area contributed by atoms with E-state index in [1.807, 2.05) is 6.07 Å². The van der Waals surface area contributed by atoms with Gasteiger partial charge in [0, 0.05) is 16.9 Å². The Labute approximate surface area is 255 Å². The van der Waals surface area contributed by atoms with Gasteiger partial charge in [0.25, 0.3) is 0 Å². The zero-order chi connectivity index (χ0) is 29.1. The lowest BCUT2D eigenvalue weighted by Crippen LogP contribution is -2.12. The Kier molecular flexibility index (Phi) is 8.83. The molecule has 0 fully saturated rings. The smallest absolute Gasteiger partial charge is 0.0540 e. The number of hydrogen-bond donors (Lipinski definition) is 0. The average Bonchev–Trinajstić information content (AvgIpc) is 3.08. The minimum atomic E-state index is 1.11. The predicted molar refractivity (Wildman–Crippen MR) is 187 cm³/mol. The third-order valence-electron chi connectivity index (χ3n) is 7.31. The molecule has 6 aromatic carbocycles. The summed E-state index contributed by atoms with van der Waals surface area (Å²) < 4.78 is 0. The summed E-state index contributed by atoms with van der Waals surface area (Å²) in [6, 6.07) is 57.1. The minimum absolute atomic E-state index is 1.11. The molecule has 43 heavy (non-hydrogen) atoms. The highest BCUT2D eigenvalue weighted by molar-refractivity contribution is 5.93. The molecular weight excluding hydrogens is 518 g/mol. The molecule has 0 aliphatic rings. The SMILES string of the molecule is C(=Cc1ccc(N(c2ccccc2)c2ccccc2)c(C=Cc2ccccc2)c1C=Cc1ccccc1)c1ccccc1. The second kappa shape index (κ2) is 13.8. The van der Waals surface area contributed by atoms with Gasteiger partial charge in [-0.3, -0.25) is 0 Å². The molecule has 6 aromatic rings. The highest BCUT2D eigenvalue weighted by Gasteiger charge is 2.18. The lowest BCUT2D eigenvalue weighted by atomic mass is 9.94. The van der Waals surface area contributed by atoms with Crippen molar-refractivity contribution in [2.24, 2.45) is 0 Å². The fourth-order valence-electron chi connectivity index (χ4n) is 5.16. The van der Waals surface area contributed by atoms with Crippen molar-refractivity contribution in [3.05, 3.63) is 197 Å². The van der Waals surface area contributed by atoms with Gasteiger partial charge in [-0.1, -0.05) is 170 Å². The Bertz CT molecular complexity index is 1780. The largest absolute Gasteiger partial charge is 0.310 e. The maximum atomic E-state index is 2.34. The van der Waals surface area contributed by atoms with Crippen molar-refractivity contribution in [3.63, 3.8) is 0 Å². The molecular formula is C42H33N. The molecule has 0 aromatic heterocycles. The van der Waals surface area contributed by atoms with Crippen LogP contribution >= 0.6 is 0 Å². The van der Waals surface area contributed by atoms with Crippen LogP contribution in [0.3, 0.4) is 0 Å². The molecule has 6 rings (SSSR count). The van der Waals surface area contributed by atoms with Gasteiger partial charge in [-0.25, -0.2) is 0 Å². The van der Waals surface area contributed by atoms with E-state index in [1.165, 1.54) is 5.56 Å². The van der Waals surface area contributed by atoms with Crippen molar-refractivity contribution in [3.8, 4) is 0 Å². The first kappa shape index (κ1) is 27.5. The third-order valence-corrected chi connectivity index (χ3v) is 7.31. The summed E-state index contributed by atoms with van der Waals surface area (Å²) in [7, 11) is 0. The quantitative estimate of drug-likeness (QED) is 0.162. The standard InChI is InChI=1S/C42H33N/c1-6-16-34(17-7-1)26-29-37-30-33-42(43(38-22-12-4-13-23-38)39-24-14-5-15-25-39)41(32-28-36-20-10-3-11-21-36)40(37)31-27-35-18-8-2-9-19-35/h1-33H. The van der Waals surface area contributed by atoms with Crippen LogP contribution in [0.25, 0.3) is 36.5 Å². The van der Waals surface area contributed by atoms with Crippen molar-refractivity contribution in [2.75, 3.05) is 4.90 Å². The summed E-state index contributed by atoms with van der Waals surface area (Å²) in [6.07, 6.45) is 13.3. The molecule has 0 atom stereocenters. The lowest BCUT2D eigenvalue weighted by molar-refractivity contribution is 1.27. The summed E-state index contributed by atoms with van der Waals surface area (Å²) in [5.41, 5.74) is 10.2. The lowest BCUT2D eigenvalue weighted by Gasteiger charge is -2.28. The van der Waals surface area contributed by atoms with Gasteiger partial charge in [0.05, 0.1) is 5.69 Å². The molecule has 0 aliphatic heterocycles. The fraction of sp³-hybridized carbons (Fsp3) is 0. The molecule has 0 spiro atoms. The van der Waals surface area contributed by atoms with Gasteiger partial charge in [0.1, 0.15) is 0 Å². The Hall–Kier alpha value is -5.66. The number of benzene rings is 6. The van der Waals surface area contributed by atoms with Gasteiger partial charge in [0.15, 0.2) is 0 Å². The number of para-hydroxylation sites is 2. The van der Waals surface area contributed by atoms with E-state index in [0.717, 1.165) is 44.9 Å². The summed E-state index contributed by atoms with van der Waals surface area (Å²) in [6.45, 7) is 0. The number of nitrogens with zero attached hydrogens (tertiary/aromatic N) is 1. The highest BCUT2D eigenvalue weighted by Crippen LogP contribution is 2.40. The van der Waals surface area contributed by atoms with Crippen molar-refractivity contribution >= 4 is 53.5 Å². The molecule has 0 heterocycles. The van der Waals surface area contributed by atoms with Gasteiger partial charge in [-0.05, 0) is 58.1 Å². The van der Waals surface area contributed by atoms with Crippen LogP contribution in [0, 0.1) is 0 Å². The first-order chi connectivity index (χ1) is 21.3. The van der Waals surface area contributed by atoms with Gasteiger partial charge in [-0.2, -0.15) is 0 Å². The van der Waals surface area contributed by atoms with Crippen LogP contribution in [0.15, 0.2) is 164 Å². The second-order valence-corrected chi connectivity index (χ2v) is 10.2. The first-order valence-electron chi connectivity index (χ1n) is 14.6. The van der Waals surface area contributed by atoms with Crippen LogP contribution in [0.1, 0.15) is 33.4 Å². The van der Waals surface area contributed by atoms with Gasteiger partial charge in [-0.15, -0.1) is 0 Å². The Morgan fingerprint density at radius 3 is 1.12 bits per heavy atom. The van der Waals surface area contributed by atoms with Gasteiger partial charge in [0.2, 0.25) is 0 Å². The molecule has 0 saturated heterocycles. The van der Waals surface area contributed by atoms with E-state index in [-0.39, 0.29) is 0 Å². The molecule has 0 N–H and O–H groups in total. The molecule has 0 amide bonds. The van der Waals surface area contributed by atoms with E-state index >= 15 is 0 Å². The van der Waals surface area contributed by atoms with E-state index in [0.29, 0.717) is 0 Å². The maximum Gasteiger partial charge on any atom is 0.0540 e. The molecule has 0 saturated carbocycles. The maximum absolute atomic E-state index is 2.34. The zero-order valence-electron chi connectivity index (χ0n) is 24.0. The van der Waals surface area contributed by atoms with E-state index in [1.54, 1.807) is 0 Å². The molecule has 206 valence electrons. The molecule has 1 heteroatoms. The third kappa shape index (κ3) is 6.98. The fourth-order valence-corrected chi connectivity index (χ4v) is 5.16. The van der Waals surface area contributed by atoms with Crippen LogP contribution in [0.2, 0.25) is 0 Å². The Morgan fingerprint density at radius 2 is 0.674 bits per heavy atom. The molecule has 0 aliphatic carbocycles. The highest BCUT2D eigenvalue weighted by atomic mass is 15.1. The second-order valence-electron chi connectivity index (χ2n) is 10.2. The van der Waals surface area contributed by atoms with E-state index in [2.05, 4.69) is 199 Å². The molecule has 0 bridgehead atoms. The Morgan fingerprint density at radius 1 is 0.302 bits per heavy atom. The summed E-state index contributed by atoms with van der Waals surface area (Å²) in [5, 5.41) is 0. The number of rotatable bonds is 9. The first-order valence-corrected chi connectivity index (χ1v) is 14.6. The van der Waals surface area contributed by atoms with Crippen molar-refractivity contribution in [1.29, 1.82) is 0 Å². The zero-order valence-corrected chi connectivity index (χ0v) is 24.0.